The van der Waals surface area contributed by atoms with E-state index in [1.165, 1.54) is 19.2 Å². The van der Waals surface area contributed by atoms with E-state index >= 15 is 0 Å². The lowest BCUT2D eigenvalue weighted by Crippen LogP contribution is -2.32. The standard InChI is InChI=1S/C18H20F2N2O3/c1-11-6-4-5-7-14(11)22-17(23)12(2)21-13-8-9-15(24-3)16(10-13)25-18(19)20/h4-10,12,18,21H,1-3H3,(H,22,23). The molecule has 0 fully saturated rings. The number of nitrogens with one attached hydrogen (secondary N) is 2. The zero-order valence-electron chi connectivity index (χ0n) is 14.2. The number of ether oxygens (including phenoxy) is 2. The van der Waals surface area contributed by atoms with Crippen molar-refractivity contribution in [3.63, 3.8) is 0 Å². The summed E-state index contributed by atoms with van der Waals surface area (Å²) in [5, 5.41) is 5.78. The summed E-state index contributed by atoms with van der Waals surface area (Å²) in [7, 11) is 1.36. The lowest BCUT2D eigenvalue weighted by molar-refractivity contribution is -0.116. The first-order valence-electron chi connectivity index (χ1n) is 7.66. The maximum Gasteiger partial charge on any atom is 0.387 e. The molecule has 0 spiro atoms. The molecule has 0 aliphatic rings. The normalized spacial score (nSPS) is 11.8. The maximum atomic E-state index is 12.5. The van der Waals surface area contributed by atoms with Crippen LogP contribution in [0.4, 0.5) is 20.2 Å². The summed E-state index contributed by atoms with van der Waals surface area (Å²) in [5.41, 5.74) is 2.13. The van der Waals surface area contributed by atoms with E-state index in [0.29, 0.717) is 5.69 Å². The highest BCUT2D eigenvalue weighted by atomic mass is 19.3. The van der Waals surface area contributed by atoms with Crippen molar-refractivity contribution in [1.29, 1.82) is 0 Å². The molecule has 2 N–H and O–H groups in total. The number of methoxy groups -OCH3 is 1. The van der Waals surface area contributed by atoms with E-state index in [9.17, 15) is 13.6 Å². The van der Waals surface area contributed by atoms with Crippen molar-refractivity contribution >= 4 is 17.3 Å². The van der Waals surface area contributed by atoms with Crippen LogP contribution in [0.3, 0.4) is 0 Å². The number of carbonyl (C=O) groups is 1. The number of hydrogen-bond donors (Lipinski definition) is 2. The topological polar surface area (TPSA) is 59.6 Å². The number of amides is 1. The predicted octanol–water partition coefficient (Wildman–Crippen LogP) is 4.04. The van der Waals surface area contributed by atoms with Crippen molar-refractivity contribution in [2.24, 2.45) is 0 Å². The molecule has 2 aromatic carbocycles. The summed E-state index contributed by atoms with van der Waals surface area (Å²) in [6.07, 6.45) is 0. The van der Waals surface area contributed by atoms with E-state index < -0.39 is 12.7 Å². The molecule has 1 amide bonds. The Morgan fingerprint density at radius 3 is 2.48 bits per heavy atom. The van der Waals surface area contributed by atoms with E-state index in [4.69, 9.17) is 4.74 Å². The number of rotatable bonds is 7. The monoisotopic (exact) mass is 350 g/mol. The first-order valence-corrected chi connectivity index (χ1v) is 7.66. The second-order valence-electron chi connectivity index (χ2n) is 5.41. The fourth-order valence-electron chi connectivity index (χ4n) is 2.22. The Morgan fingerprint density at radius 1 is 1.12 bits per heavy atom. The van der Waals surface area contributed by atoms with E-state index in [0.717, 1.165) is 11.3 Å². The molecule has 5 nitrogen and oxygen atoms in total. The Kier molecular flexibility index (Phi) is 6.16. The van der Waals surface area contributed by atoms with Crippen molar-refractivity contribution in [2.45, 2.75) is 26.5 Å². The third-order valence-electron chi connectivity index (χ3n) is 3.56. The van der Waals surface area contributed by atoms with Crippen LogP contribution in [-0.2, 0) is 4.79 Å². The van der Waals surface area contributed by atoms with E-state index in [-0.39, 0.29) is 17.4 Å². The number of alkyl halides is 2. The van der Waals surface area contributed by atoms with Crippen LogP contribution in [0.15, 0.2) is 42.5 Å². The average molecular weight is 350 g/mol. The minimum Gasteiger partial charge on any atom is -0.493 e. The largest absolute Gasteiger partial charge is 0.493 e. The molecule has 0 bridgehead atoms. The van der Waals surface area contributed by atoms with Crippen LogP contribution in [0.1, 0.15) is 12.5 Å². The van der Waals surface area contributed by atoms with Gasteiger partial charge in [-0.3, -0.25) is 4.79 Å². The lowest BCUT2D eigenvalue weighted by atomic mass is 10.2. The number of halogens is 2. The molecule has 0 aliphatic heterocycles. The summed E-state index contributed by atoms with van der Waals surface area (Å²) < 4.78 is 34.4. The Hall–Kier alpha value is -2.83. The van der Waals surface area contributed by atoms with Crippen LogP contribution in [0, 0.1) is 6.92 Å². The van der Waals surface area contributed by atoms with Crippen LogP contribution < -0.4 is 20.1 Å². The van der Waals surface area contributed by atoms with Gasteiger partial charge in [0.25, 0.3) is 0 Å². The summed E-state index contributed by atoms with van der Waals surface area (Å²) in [6, 6.07) is 11.3. The molecular weight excluding hydrogens is 330 g/mol. The zero-order chi connectivity index (χ0) is 18.4. The summed E-state index contributed by atoms with van der Waals surface area (Å²) in [6.45, 7) is 0.599. The van der Waals surface area contributed by atoms with Crippen molar-refractivity contribution in [3.05, 3.63) is 48.0 Å². The van der Waals surface area contributed by atoms with Crippen LogP contribution in [-0.4, -0.2) is 25.7 Å². The second kappa shape index (κ2) is 8.32. The van der Waals surface area contributed by atoms with E-state index in [1.807, 2.05) is 31.2 Å². The van der Waals surface area contributed by atoms with Gasteiger partial charge in [-0.05, 0) is 37.6 Å². The zero-order valence-corrected chi connectivity index (χ0v) is 14.2. The fraction of sp³-hybridized carbons (Fsp3) is 0.278. The maximum absolute atomic E-state index is 12.5. The van der Waals surface area contributed by atoms with Gasteiger partial charge in [-0.2, -0.15) is 8.78 Å². The quantitative estimate of drug-likeness (QED) is 0.791. The minimum atomic E-state index is -2.97. The van der Waals surface area contributed by atoms with Crippen molar-refractivity contribution in [2.75, 3.05) is 17.7 Å². The molecular formula is C18H20F2N2O3. The van der Waals surface area contributed by atoms with Gasteiger partial charge in [-0.1, -0.05) is 18.2 Å². The molecule has 1 unspecified atom stereocenters. The van der Waals surface area contributed by atoms with Crippen LogP contribution in [0.5, 0.6) is 11.5 Å². The van der Waals surface area contributed by atoms with Gasteiger partial charge in [0.15, 0.2) is 11.5 Å². The van der Waals surface area contributed by atoms with Gasteiger partial charge < -0.3 is 20.1 Å². The van der Waals surface area contributed by atoms with Gasteiger partial charge in [0.2, 0.25) is 5.91 Å². The first-order chi connectivity index (χ1) is 11.9. The first kappa shape index (κ1) is 18.5. The van der Waals surface area contributed by atoms with Gasteiger partial charge in [0, 0.05) is 17.4 Å². The highest BCUT2D eigenvalue weighted by molar-refractivity contribution is 5.96. The molecule has 0 saturated heterocycles. The Balaban J connectivity index is 2.07. The molecule has 2 rings (SSSR count). The van der Waals surface area contributed by atoms with Crippen molar-refractivity contribution in [3.8, 4) is 11.5 Å². The number of hydrogen-bond acceptors (Lipinski definition) is 4. The third-order valence-corrected chi connectivity index (χ3v) is 3.56. The van der Waals surface area contributed by atoms with Crippen molar-refractivity contribution < 1.29 is 23.0 Å². The lowest BCUT2D eigenvalue weighted by Gasteiger charge is -2.18. The van der Waals surface area contributed by atoms with E-state index in [2.05, 4.69) is 15.4 Å². The molecule has 0 heterocycles. The molecule has 0 radical (unpaired) electrons. The molecule has 134 valence electrons. The molecule has 0 aliphatic carbocycles. The van der Waals surface area contributed by atoms with Gasteiger partial charge in [0.1, 0.15) is 6.04 Å². The van der Waals surface area contributed by atoms with Crippen LogP contribution >= 0.6 is 0 Å². The summed E-state index contributed by atoms with van der Waals surface area (Å²) in [4.78, 5) is 12.3. The van der Waals surface area contributed by atoms with Gasteiger partial charge in [-0.25, -0.2) is 0 Å². The summed E-state index contributed by atoms with van der Waals surface area (Å²) in [5.74, 6) is -0.168. The predicted molar refractivity (Wildman–Crippen MR) is 92.5 cm³/mol. The Bertz CT molecular complexity index is 738. The van der Waals surface area contributed by atoms with Gasteiger partial charge in [0.05, 0.1) is 7.11 Å². The highest BCUT2D eigenvalue weighted by Gasteiger charge is 2.16. The Morgan fingerprint density at radius 2 is 1.84 bits per heavy atom. The molecule has 1 atom stereocenters. The summed E-state index contributed by atoms with van der Waals surface area (Å²) >= 11 is 0. The highest BCUT2D eigenvalue weighted by Crippen LogP contribution is 2.31. The number of aryl methyl sites for hydroxylation is 1. The number of anilines is 2. The SMILES string of the molecule is COc1ccc(NC(C)C(=O)Nc2ccccc2C)cc1OC(F)F. The molecule has 7 heteroatoms. The van der Waals surface area contributed by atoms with Gasteiger partial charge >= 0.3 is 6.61 Å². The average Bonchev–Trinajstić information content (AvgIpc) is 2.56. The Labute approximate surface area is 144 Å². The van der Waals surface area contributed by atoms with Crippen LogP contribution in [0.2, 0.25) is 0 Å². The van der Waals surface area contributed by atoms with Crippen molar-refractivity contribution in [1.82, 2.24) is 0 Å². The molecule has 25 heavy (non-hydrogen) atoms. The molecule has 2 aromatic rings. The smallest absolute Gasteiger partial charge is 0.387 e. The minimum absolute atomic E-state index is 0.103. The van der Waals surface area contributed by atoms with E-state index in [1.54, 1.807) is 13.0 Å². The fourth-order valence-corrected chi connectivity index (χ4v) is 2.22. The number of benzene rings is 2. The van der Waals surface area contributed by atoms with Crippen LogP contribution in [0.25, 0.3) is 0 Å². The molecule has 0 saturated carbocycles. The van der Waals surface area contributed by atoms with Gasteiger partial charge in [-0.15, -0.1) is 0 Å². The second-order valence-corrected chi connectivity index (χ2v) is 5.41. The molecule has 0 aromatic heterocycles. The number of para-hydroxylation sites is 1. The third kappa shape index (κ3) is 5.07. The number of carbonyl (C=O) groups excluding carboxylic acids is 1.